The number of esters is 1. The Morgan fingerprint density at radius 1 is 1.23 bits per heavy atom. The van der Waals surface area contributed by atoms with Gasteiger partial charge >= 0.3 is 5.97 Å². The summed E-state index contributed by atoms with van der Waals surface area (Å²) in [6.07, 6.45) is 1.74. The summed E-state index contributed by atoms with van der Waals surface area (Å²) >= 11 is 1.26. The van der Waals surface area contributed by atoms with Crippen molar-refractivity contribution < 1.29 is 18.7 Å². The first-order valence-corrected chi connectivity index (χ1v) is 12.2. The predicted molar refractivity (Wildman–Crippen MR) is 136 cm³/mol. The summed E-state index contributed by atoms with van der Waals surface area (Å²) in [5, 5.41) is 0. The van der Waals surface area contributed by atoms with E-state index in [1.54, 1.807) is 24.5 Å². The number of ether oxygens (including phenoxy) is 2. The zero-order valence-electron chi connectivity index (χ0n) is 20.7. The molecule has 184 valence electrons. The lowest BCUT2D eigenvalue weighted by Crippen LogP contribution is -2.39. The third-order valence-electron chi connectivity index (χ3n) is 5.41. The molecule has 0 bridgehead atoms. The summed E-state index contributed by atoms with van der Waals surface area (Å²) in [6.45, 7) is 7.65. The van der Waals surface area contributed by atoms with Gasteiger partial charge < -0.3 is 18.8 Å². The third-order valence-corrected chi connectivity index (χ3v) is 6.39. The summed E-state index contributed by atoms with van der Waals surface area (Å²) in [6, 6.07) is 10.4. The van der Waals surface area contributed by atoms with Crippen molar-refractivity contribution in [1.29, 1.82) is 0 Å². The van der Waals surface area contributed by atoms with Crippen LogP contribution in [0.15, 0.2) is 61.9 Å². The highest BCUT2D eigenvalue weighted by Crippen LogP contribution is 2.31. The van der Waals surface area contributed by atoms with E-state index >= 15 is 0 Å². The molecule has 2 aromatic heterocycles. The fourth-order valence-electron chi connectivity index (χ4n) is 3.90. The average Bonchev–Trinajstić information content (AvgIpc) is 3.38. The molecule has 0 radical (unpaired) electrons. The van der Waals surface area contributed by atoms with Crippen molar-refractivity contribution >= 4 is 29.3 Å². The molecule has 0 saturated heterocycles. The fourth-order valence-corrected chi connectivity index (χ4v) is 4.92. The molecule has 8 nitrogen and oxygen atoms in total. The van der Waals surface area contributed by atoms with Crippen LogP contribution < -0.4 is 24.5 Å². The molecule has 1 aromatic carbocycles. The highest BCUT2D eigenvalue weighted by Gasteiger charge is 2.33. The minimum atomic E-state index is -0.672. The van der Waals surface area contributed by atoms with Gasteiger partial charge in [0.05, 0.1) is 34.6 Å². The highest BCUT2D eigenvalue weighted by molar-refractivity contribution is 7.07. The SMILES string of the molecule is CCOC(=O)C1=C(C)N=c2sc(=Cc3ccc(N(C)C)o3)c(=O)n2C1c1ccc(OC(C)C)cc1. The fraction of sp³-hybridized carbons (Fsp3) is 0.346. The first-order valence-electron chi connectivity index (χ1n) is 11.4. The van der Waals surface area contributed by atoms with Gasteiger partial charge in [-0.05, 0) is 51.5 Å². The molecule has 3 heterocycles. The van der Waals surface area contributed by atoms with Gasteiger partial charge in [0, 0.05) is 26.2 Å². The molecule has 0 amide bonds. The van der Waals surface area contributed by atoms with E-state index in [1.807, 2.05) is 69.2 Å². The smallest absolute Gasteiger partial charge is 0.338 e. The quantitative estimate of drug-likeness (QED) is 0.468. The van der Waals surface area contributed by atoms with Gasteiger partial charge in [0.25, 0.3) is 5.56 Å². The van der Waals surface area contributed by atoms with Crippen LogP contribution in [0, 0.1) is 0 Å². The molecule has 1 aliphatic rings. The lowest BCUT2D eigenvalue weighted by molar-refractivity contribution is -0.139. The van der Waals surface area contributed by atoms with Crippen molar-refractivity contribution in [3.05, 3.63) is 78.7 Å². The molecular formula is C26H29N3O5S. The second kappa shape index (κ2) is 9.95. The van der Waals surface area contributed by atoms with E-state index in [0.717, 1.165) is 5.56 Å². The van der Waals surface area contributed by atoms with E-state index in [-0.39, 0.29) is 18.3 Å². The molecule has 1 unspecified atom stereocenters. The molecule has 9 heteroatoms. The second-order valence-electron chi connectivity index (χ2n) is 8.61. The van der Waals surface area contributed by atoms with E-state index < -0.39 is 12.0 Å². The van der Waals surface area contributed by atoms with Crippen LogP contribution in [0.3, 0.4) is 0 Å². The zero-order chi connectivity index (χ0) is 25.3. The Morgan fingerprint density at radius 2 is 1.94 bits per heavy atom. The second-order valence-corrected chi connectivity index (χ2v) is 9.62. The molecule has 4 rings (SSSR count). The molecule has 0 spiro atoms. The normalized spacial score (nSPS) is 15.7. The number of hydrogen-bond donors (Lipinski definition) is 0. The van der Waals surface area contributed by atoms with Crippen LogP contribution in [-0.2, 0) is 9.53 Å². The highest BCUT2D eigenvalue weighted by atomic mass is 32.1. The van der Waals surface area contributed by atoms with Crippen molar-refractivity contribution in [2.75, 3.05) is 25.6 Å². The Balaban J connectivity index is 1.87. The molecule has 35 heavy (non-hydrogen) atoms. The maximum Gasteiger partial charge on any atom is 0.338 e. The number of benzene rings is 1. The zero-order valence-corrected chi connectivity index (χ0v) is 21.5. The minimum absolute atomic E-state index is 0.0327. The van der Waals surface area contributed by atoms with Crippen LogP contribution in [0.4, 0.5) is 5.88 Å². The number of rotatable bonds is 7. The lowest BCUT2D eigenvalue weighted by atomic mass is 9.96. The summed E-state index contributed by atoms with van der Waals surface area (Å²) in [4.78, 5) is 33.6. The number of anilines is 1. The summed E-state index contributed by atoms with van der Waals surface area (Å²) < 4.78 is 18.9. The Bertz CT molecular complexity index is 1440. The van der Waals surface area contributed by atoms with Gasteiger partial charge in [0.2, 0.25) is 0 Å². The maximum atomic E-state index is 13.6. The van der Waals surface area contributed by atoms with Gasteiger partial charge in [0.15, 0.2) is 10.7 Å². The molecule has 1 aliphatic heterocycles. The number of nitrogens with zero attached hydrogens (tertiary/aromatic N) is 3. The first kappa shape index (κ1) is 24.5. The Kier molecular flexibility index (Phi) is 6.98. The van der Waals surface area contributed by atoms with Crippen molar-refractivity contribution in [3.63, 3.8) is 0 Å². The summed E-state index contributed by atoms with van der Waals surface area (Å²) in [7, 11) is 3.77. The van der Waals surface area contributed by atoms with Crippen LogP contribution in [0.5, 0.6) is 5.75 Å². The molecule has 3 aromatic rings. The predicted octanol–water partition coefficient (Wildman–Crippen LogP) is 3.24. The van der Waals surface area contributed by atoms with E-state index in [2.05, 4.69) is 4.99 Å². The van der Waals surface area contributed by atoms with Crippen molar-refractivity contribution in [2.45, 2.75) is 39.8 Å². The molecule has 0 saturated carbocycles. The number of carbonyl (C=O) groups is 1. The molecule has 1 atom stereocenters. The van der Waals surface area contributed by atoms with Crippen LogP contribution in [-0.4, -0.2) is 37.3 Å². The van der Waals surface area contributed by atoms with Crippen LogP contribution >= 0.6 is 11.3 Å². The van der Waals surface area contributed by atoms with E-state index in [4.69, 9.17) is 13.9 Å². The number of allylic oxidation sites excluding steroid dienone is 1. The van der Waals surface area contributed by atoms with Crippen molar-refractivity contribution in [2.24, 2.45) is 4.99 Å². The molecule has 0 fully saturated rings. The minimum Gasteiger partial charge on any atom is -0.491 e. The Morgan fingerprint density at radius 3 is 2.54 bits per heavy atom. The van der Waals surface area contributed by atoms with Gasteiger partial charge in [-0.2, -0.15) is 0 Å². The summed E-state index contributed by atoms with van der Waals surface area (Å²) in [5.41, 5.74) is 1.38. The van der Waals surface area contributed by atoms with Gasteiger partial charge in [-0.15, -0.1) is 0 Å². The monoisotopic (exact) mass is 495 g/mol. The number of fused-ring (bicyclic) bond motifs is 1. The van der Waals surface area contributed by atoms with Crippen molar-refractivity contribution in [1.82, 2.24) is 4.57 Å². The van der Waals surface area contributed by atoms with Crippen LogP contribution in [0.25, 0.3) is 6.08 Å². The van der Waals surface area contributed by atoms with E-state index in [9.17, 15) is 9.59 Å². The van der Waals surface area contributed by atoms with Gasteiger partial charge in [-0.25, -0.2) is 9.79 Å². The van der Waals surface area contributed by atoms with Gasteiger partial charge in [-0.1, -0.05) is 23.5 Å². The van der Waals surface area contributed by atoms with Gasteiger partial charge in [0.1, 0.15) is 11.5 Å². The molecule has 0 N–H and O–H groups in total. The summed E-state index contributed by atoms with van der Waals surface area (Å²) in [5.74, 6) is 1.47. The van der Waals surface area contributed by atoms with E-state index in [0.29, 0.717) is 38.0 Å². The largest absolute Gasteiger partial charge is 0.491 e. The lowest BCUT2D eigenvalue weighted by Gasteiger charge is -2.25. The van der Waals surface area contributed by atoms with Crippen LogP contribution in [0.2, 0.25) is 0 Å². The Hall–Kier alpha value is -3.59. The Labute approximate surface area is 207 Å². The number of furan rings is 1. The van der Waals surface area contributed by atoms with Crippen LogP contribution in [0.1, 0.15) is 45.1 Å². The van der Waals surface area contributed by atoms with E-state index in [1.165, 1.54) is 11.3 Å². The number of carbonyl (C=O) groups excluding carboxylic acids is 1. The standard InChI is InChI=1S/C26H29N3O5S/c1-7-32-25(31)22-16(4)27-26-29(23(22)17-8-10-18(11-9-17)33-15(2)3)24(30)20(35-26)14-19-12-13-21(34-19)28(5)6/h8-15,23H,7H2,1-6H3. The number of thiazole rings is 1. The van der Waals surface area contributed by atoms with Gasteiger partial charge in [-0.3, -0.25) is 9.36 Å². The molecule has 0 aliphatic carbocycles. The van der Waals surface area contributed by atoms with Crippen molar-refractivity contribution in [3.8, 4) is 5.75 Å². The first-order chi connectivity index (χ1) is 16.7. The third kappa shape index (κ3) is 4.95. The topological polar surface area (TPSA) is 86.3 Å². The average molecular weight is 496 g/mol. The number of aromatic nitrogens is 1. The maximum absolute atomic E-state index is 13.6. The molecular weight excluding hydrogens is 466 g/mol. The number of hydrogen-bond acceptors (Lipinski definition) is 8.